The molecule has 0 aliphatic heterocycles. The predicted octanol–water partition coefficient (Wildman–Crippen LogP) is 3.70. The number of phenolic OH excluding ortho intramolecular Hbond substituents is 1. The van der Waals surface area contributed by atoms with Crippen molar-refractivity contribution in [3.05, 3.63) is 83.9 Å². The second-order valence-electron chi connectivity index (χ2n) is 6.45. The number of phenols is 1. The number of nitrogens with one attached hydrogen (secondary N) is 2. The Morgan fingerprint density at radius 1 is 0.969 bits per heavy atom. The van der Waals surface area contributed by atoms with E-state index in [1.165, 1.54) is 19.4 Å². The van der Waals surface area contributed by atoms with Crippen LogP contribution in [0.2, 0.25) is 0 Å². The van der Waals surface area contributed by atoms with E-state index in [9.17, 15) is 14.7 Å². The molecule has 0 aliphatic carbocycles. The van der Waals surface area contributed by atoms with E-state index in [0.717, 1.165) is 0 Å². The van der Waals surface area contributed by atoms with Gasteiger partial charge in [-0.05, 0) is 42.5 Å². The van der Waals surface area contributed by atoms with Crippen molar-refractivity contribution in [1.82, 2.24) is 10.7 Å². The first kappa shape index (κ1) is 22.2. The van der Waals surface area contributed by atoms with E-state index in [1.807, 2.05) is 30.3 Å². The summed E-state index contributed by atoms with van der Waals surface area (Å²) in [4.78, 5) is 24.2. The van der Waals surface area contributed by atoms with Crippen molar-refractivity contribution in [3.63, 3.8) is 0 Å². The Balaban J connectivity index is 1.55. The fourth-order valence-electron chi connectivity index (χ4n) is 2.62. The number of ether oxygens (including phenoxy) is 1. The number of hydrazone groups is 1. The summed E-state index contributed by atoms with van der Waals surface area (Å²) in [6.07, 6.45) is 1.27. The van der Waals surface area contributed by atoms with Crippen LogP contribution in [0.3, 0.4) is 0 Å². The molecule has 3 aromatic carbocycles. The molecule has 0 radical (unpaired) electrons. The molecule has 9 heteroatoms. The number of carbonyl (C=O) groups excluding carboxylic acids is 2. The van der Waals surface area contributed by atoms with E-state index in [2.05, 4.69) is 26.1 Å². The molecule has 0 fully saturated rings. The lowest BCUT2D eigenvalue weighted by molar-refractivity contribution is -0.120. The molecule has 0 saturated heterocycles. The maximum atomic E-state index is 12.2. The third-order valence-corrected chi connectivity index (χ3v) is 4.20. The monoisotopic (exact) mass is 431 g/mol. The predicted molar refractivity (Wildman–Crippen MR) is 120 cm³/mol. The summed E-state index contributed by atoms with van der Waals surface area (Å²) in [5.41, 5.74) is 4.14. The van der Waals surface area contributed by atoms with E-state index in [4.69, 9.17) is 4.74 Å². The number of benzene rings is 3. The molecule has 32 heavy (non-hydrogen) atoms. The molecule has 0 aliphatic rings. The summed E-state index contributed by atoms with van der Waals surface area (Å²) < 4.78 is 5.13. The van der Waals surface area contributed by atoms with Crippen LogP contribution in [0.4, 0.5) is 11.4 Å². The van der Waals surface area contributed by atoms with Crippen molar-refractivity contribution in [2.45, 2.75) is 0 Å². The third kappa shape index (κ3) is 6.23. The maximum absolute atomic E-state index is 12.2. The average molecular weight is 431 g/mol. The van der Waals surface area contributed by atoms with Crippen LogP contribution in [-0.4, -0.2) is 36.8 Å². The van der Waals surface area contributed by atoms with Gasteiger partial charge in [0.1, 0.15) is 11.5 Å². The van der Waals surface area contributed by atoms with Gasteiger partial charge < -0.3 is 15.2 Å². The van der Waals surface area contributed by atoms with Gasteiger partial charge in [-0.1, -0.05) is 30.3 Å². The molecule has 0 atom stereocenters. The molecular formula is C23H21N5O4. The summed E-state index contributed by atoms with van der Waals surface area (Å²) in [6, 6.07) is 20.5. The molecule has 162 valence electrons. The van der Waals surface area contributed by atoms with Gasteiger partial charge in [-0.2, -0.15) is 15.3 Å². The molecular weight excluding hydrogens is 410 g/mol. The number of para-hydroxylation sites is 1. The Morgan fingerprint density at radius 3 is 2.47 bits per heavy atom. The number of aromatic hydroxyl groups is 1. The Morgan fingerprint density at radius 2 is 1.69 bits per heavy atom. The Kier molecular flexibility index (Phi) is 7.63. The largest absolute Gasteiger partial charge is 0.507 e. The number of hydrogen-bond donors (Lipinski definition) is 3. The van der Waals surface area contributed by atoms with E-state index in [0.29, 0.717) is 28.3 Å². The normalized spacial score (nSPS) is 10.9. The van der Waals surface area contributed by atoms with Crippen molar-refractivity contribution in [2.24, 2.45) is 15.3 Å². The van der Waals surface area contributed by atoms with Gasteiger partial charge in [-0.3, -0.25) is 9.59 Å². The zero-order chi connectivity index (χ0) is 22.8. The van der Waals surface area contributed by atoms with Gasteiger partial charge in [-0.25, -0.2) is 5.43 Å². The van der Waals surface area contributed by atoms with Crippen LogP contribution in [0, 0.1) is 0 Å². The highest BCUT2D eigenvalue weighted by Crippen LogP contribution is 2.24. The van der Waals surface area contributed by atoms with Crippen LogP contribution in [0.15, 0.2) is 88.1 Å². The summed E-state index contributed by atoms with van der Waals surface area (Å²) in [5, 5.41) is 24.5. The van der Waals surface area contributed by atoms with E-state index < -0.39 is 11.8 Å². The molecule has 3 aromatic rings. The molecule has 0 bridgehead atoms. The number of rotatable bonds is 8. The lowest BCUT2D eigenvalue weighted by Gasteiger charge is -2.08. The van der Waals surface area contributed by atoms with Crippen LogP contribution < -0.4 is 15.5 Å². The zero-order valence-electron chi connectivity index (χ0n) is 17.2. The van der Waals surface area contributed by atoms with Gasteiger partial charge >= 0.3 is 0 Å². The lowest BCUT2D eigenvalue weighted by Crippen LogP contribution is -2.35. The highest BCUT2D eigenvalue weighted by Gasteiger charge is 2.12. The molecule has 9 nitrogen and oxygen atoms in total. The highest BCUT2D eigenvalue weighted by atomic mass is 16.5. The first-order valence-electron chi connectivity index (χ1n) is 9.60. The van der Waals surface area contributed by atoms with E-state index in [-0.39, 0.29) is 12.3 Å². The minimum absolute atomic E-state index is 0.0360. The minimum atomic E-state index is -0.538. The number of carbonyl (C=O) groups is 2. The van der Waals surface area contributed by atoms with Crippen LogP contribution in [0.25, 0.3) is 0 Å². The highest BCUT2D eigenvalue weighted by molar-refractivity contribution is 5.98. The van der Waals surface area contributed by atoms with E-state index >= 15 is 0 Å². The number of hydrogen-bond acceptors (Lipinski definition) is 7. The van der Waals surface area contributed by atoms with Gasteiger partial charge in [0, 0.05) is 5.56 Å². The molecule has 3 N–H and O–H groups in total. The van der Waals surface area contributed by atoms with E-state index in [1.54, 1.807) is 36.4 Å². The van der Waals surface area contributed by atoms with Gasteiger partial charge in [0.2, 0.25) is 0 Å². The number of azo groups is 1. The second-order valence-corrected chi connectivity index (χ2v) is 6.45. The third-order valence-electron chi connectivity index (χ3n) is 4.20. The fraction of sp³-hybridized carbons (Fsp3) is 0.0870. The van der Waals surface area contributed by atoms with Crippen LogP contribution >= 0.6 is 0 Å². The first-order chi connectivity index (χ1) is 15.6. The Bertz CT molecular complexity index is 1150. The molecule has 0 spiro atoms. The van der Waals surface area contributed by atoms with Gasteiger partial charge in [0.25, 0.3) is 11.8 Å². The molecule has 3 rings (SSSR count). The Labute approximate surface area is 184 Å². The molecule has 0 saturated carbocycles. The molecule has 0 aromatic heterocycles. The van der Waals surface area contributed by atoms with Crippen molar-refractivity contribution in [2.75, 3.05) is 13.7 Å². The standard InChI is InChI=1S/C23H21N5O4/c1-32-21-10-6-5-9-19(21)23(31)24-15-22(30)28-25-14-16-13-18(11-12-20(16)29)27-26-17-7-3-2-4-8-17/h2-14,29H,15H2,1H3,(H,24,31)(H,28,30). The van der Waals surface area contributed by atoms with Gasteiger partial charge in [-0.15, -0.1) is 0 Å². The van der Waals surface area contributed by atoms with Crippen molar-refractivity contribution in [3.8, 4) is 11.5 Å². The first-order valence-corrected chi connectivity index (χ1v) is 9.60. The summed E-state index contributed by atoms with van der Waals surface area (Å²) in [5.74, 6) is -0.617. The summed E-state index contributed by atoms with van der Waals surface area (Å²) in [7, 11) is 1.46. The number of methoxy groups -OCH3 is 1. The SMILES string of the molecule is COc1ccccc1C(=O)NCC(=O)NN=Cc1cc(N=Nc2ccccc2)ccc1O. The lowest BCUT2D eigenvalue weighted by atomic mass is 10.2. The number of nitrogens with zero attached hydrogens (tertiary/aromatic N) is 3. The maximum Gasteiger partial charge on any atom is 0.259 e. The summed E-state index contributed by atoms with van der Waals surface area (Å²) >= 11 is 0. The zero-order valence-corrected chi connectivity index (χ0v) is 17.2. The molecule has 0 unspecified atom stereocenters. The van der Waals surface area contributed by atoms with Crippen LogP contribution in [0.5, 0.6) is 11.5 Å². The molecule has 0 heterocycles. The van der Waals surface area contributed by atoms with Crippen molar-refractivity contribution in [1.29, 1.82) is 0 Å². The minimum Gasteiger partial charge on any atom is -0.507 e. The van der Waals surface area contributed by atoms with Crippen LogP contribution in [0.1, 0.15) is 15.9 Å². The fourth-order valence-corrected chi connectivity index (χ4v) is 2.62. The number of amides is 2. The molecule has 2 amide bonds. The second kappa shape index (κ2) is 11.0. The topological polar surface area (TPSA) is 125 Å². The smallest absolute Gasteiger partial charge is 0.259 e. The van der Waals surface area contributed by atoms with Gasteiger partial charge in [0.05, 0.1) is 36.8 Å². The Hall–Kier alpha value is -4.53. The van der Waals surface area contributed by atoms with Crippen molar-refractivity contribution >= 4 is 29.4 Å². The quantitative estimate of drug-likeness (QED) is 0.286. The van der Waals surface area contributed by atoms with Gasteiger partial charge in [0.15, 0.2) is 0 Å². The van der Waals surface area contributed by atoms with Crippen LogP contribution in [-0.2, 0) is 4.79 Å². The summed E-state index contributed by atoms with van der Waals surface area (Å²) in [6.45, 7) is -0.286. The average Bonchev–Trinajstić information content (AvgIpc) is 2.83. The van der Waals surface area contributed by atoms with Crippen molar-refractivity contribution < 1.29 is 19.4 Å².